The minimum Gasteiger partial charge on any atom is -0.384 e. The van der Waals surface area contributed by atoms with Gasteiger partial charge in [0.05, 0.1) is 5.75 Å². The van der Waals surface area contributed by atoms with E-state index in [1.54, 1.807) is 6.07 Å². The molecule has 0 spiro atoms. The topological polar surface area (TPSA) is 124 Å². The molecular formula is C8H15N5O2S. The number of aromatic nitrogens is 2. The number of hydrogen-bond acceptors (Lipinski definition) is 6. The van der Waals surface area contributed by atoms with Gasteiger partial charge in [-0.3, -0.25) is 0 Å². The largest absolute Gasteiger partial charge is 0.384 e. The number of primary sulfonamides is 1. The molecule has 7 nitrogen and oxygen atoms in total. The molecule has 1 aromatic heterocycles. The first-order valence-corrected chi connectivity index (χ1v) is 6.50. The number of nitrogen functional groups attached to an aromatic ring is 1. The zero-order valence-corrected chi connectivity index (χ0v) is 9.79. The lowest BCUT2D eigenvalue weighted by molar-refractivity contribution is 0.598. The summed E-state index contributed by atoms with van der Waals surface area (Å²) in [5.74, 6) is 1.31. The Bertz CT molecular complexity index is 459. The van der Waals surface area contributed by atoms with Gasteiger partial charge in [-0.2, -0.15) is 0 Å². The van der Waals surface area contributed by atoms with E-state index >= 15 is 0 Å². The van der Waals surface area contributed by atoms with Crippen LogP contribution in [0.4, 0.5) is 11.6 Å². The molecule has 8 heteroatoms. The maximum Gasteiger partial charge on any atom is 0.210 e. The van der Waals surface area contributed by atoms with Gasteiger partial charge >= 0.3 is 0 Å². The Morgan fingerprint density at radius 3 is 2.69 bits per heavy atom. The number of nitrogens with zero attached hydrogens (tertiary/aromatic N) is 2. The summed E-state index contributed by atoms with van der Waals surface area (Å²) in [7, 11) is -3.46. The molecule has 0 radical (unpaired) electrons. The molecule has 5 N–H and O–H groups in total. The summed E-state index contributed by atoms with van der Waals surface area (Å²) >= 11 is 0. The van der Waals surface area contributed by atoms with E-state index in [-0.39, 0.29) is 12.3 Å². The maximum atomic E-state index is 10.7. The Morgan fingerprint density at radius 2 is 2.12 bits per heavy atom. The molecule has 0 saturated carbocycles. The van der Waals surface area contributed by atoms with Crippen molar-refractivity contribution in [3.8, 4) is 0 Å². The van der Waals surface area contributed by atoms with E-state index in [4.69, 9.17) is 10.9 Å². The summed E-state index contributed by atoms with van der Waals surface area (Å²) in [5.41, 5.74) is 5.56. The quantitative estimate of drug-likeness (QED) is 0.631. The first-order valence-electron chi connectivity index (χ1n) is 4.78. The Morgan fingerprint density at radius 1 is 1.44 bits per heavy atom. The van der Waals surface area contributed by atoms with Crippen LogP contribution in [0, 0.1) is 0 Å². The highest BCUT2D eigenvalue weighted by Gasteiger charge is 2.04. The van der Waals surface area contributed by atoms with E-state index in [0.29, 0.717) is 23.9 Å². The average molecular weight is 245 g/mol. The third kappa shape index (κ3) is 4.41. The first-order chi connectivity index (χ1) is 7.40. The molecule has 0 aliphatic rings. The second-order valence-electron chi connectivity index (χ2n) is 3.24. The molecule has 0 unspecified atom stereocenters. The monoisotopic (exact) mass is 245 g/mol. The van der Waals surface area contributed by atoms with Gasteiger partial charge in [0, 0.05) is 19.0 Å². The summed E-state index contributed by atoms with van der Waals surface area (Å²) < 4.78 is 21.4. The third-order valence-corrected chi connectivity index (χ3v) is 2.57. The summed E-state index contributed by atoms with van der Waals surface area (Å²) in [4.78, 5) is 8.13. The van der Waals surface area contributed by atoms with Crippen molar-refractivity contribution >= 4 is 21.7 Å². The standard InChI is InChI=1S/C8H15N5O2S/c1-2-7-12-6(9)5-8(13-7)11-3-4-16(10,14)15/h5H,2-4H2,1H3,(H2,10,14,15)(H3,9,11,12,13). The summed E-state index contributed by atoms with van der Waals surface area (Å²) in [5, 5.41) is 7.69. The molecule has 0 aliphatic heterocycles. The van der Waals surface area contributed by atoms with Crippen LogP contribution >= 0.6 is 0 Å². The van der Waals surface area contributed by atoms with Gasteiger partial charge in [-0.15, -0.1) is 0 Å². The van der Waals surface area contributed by atoms with Gasteiger partial charge in [0.2, 0.25) is 10.0 Å². The fourth-order valence-electron chi connectivity index (χ4n) is 1.09. The minimum atomic E-state index is -3.46. The van der Waals surface area contributed by atoms with Crippen LogP contribution in [0.15, 0.2) is 6.07 Å². The van der Waals surface area contributed by atoms with E-state index in [0.717, 1.165) is 0 Å². The number of aryl methyl sites for hydroxylation is 1. The SMILES string of the molecule is CCc1nc(N)cc(NCCS(N)(=O)=O)n1. The van der Waals surface area contributed by atoms with Gasteiger partial charge in [0.1, 0.15) is 17.5 Å². The lowest BCUT2D eigenvalue weighted by Gasteiger charge is -2.06. The van der Waals surface area contributed by atoms with Gasteiger partial charge < -0.3 is 11.1 Å². The number of sulfonamides is 1. The minimum absolute atomic E-state index is 0.154. The average Bonchev–Trinajstić information content (AvgIpc) is 2.14. The van der Waals surface area contributed by atoms with Crippen LogP contribution in [-0.2, 0) is 16.4 Å². The molecule has 16 heavy (non-hydrogen) atoms. The highest BCUT2D eigenvalue weighted by atomic mass is 32.2. The Balaban J connectivity index is 2.63. The predicted molar refractivity (Wildman–Crippen MR) is 62.3 cm³/mol. The molecule has 0 aliphatic carbocycles. The third-order valence-electron chi connectivity index (χ3n) is 1.80. The van der Waals surface area contributed by atoms with E-state index in [1.165, 1.54) is 0 Å². The molecule has 1 rings (SSSR count). The molecule has 1 aromatic rings. The van der Waals surface area contributed by atoms with E-state index < -0.39 is 10.0 Å². The molecule has 0 bridgehead atoms. The van der Waals surface area contributed by atoms with Gasteiger partial charge in [-0.05, 0) is 0 Å². The lowest BCUT2D eigenvalue weighted by atomic mass is 10.4. The smallest absolute Gasteiger partial charge is 0.210 e. The van der Waals surface area contributed by atoms with Crippen molar-refractivity contribution < 1.29 is 8.42 Å². The maximum absolute atomic E-state index is 10.7. The van der Waals surface area contributed by atoms with Crippen LogP contribution in [-0.4, -0.2) is 30.7 Å². The van der Waals surface area contributed by atoms with E-state index in [1.807, 2.05) is 6.92 Å². The van der Waals surface area contributed by atoms with Gasteiger partial charge in [-0.25, -0.2) is 23.5 Å². The number of nitrogens with two attached hydrogens (primary N) is 2. The van der Waals surface area contributed by atoms with E-state index in [9.17, 15) is 8.42 Å². The highest BCUT2D eigenvalue weighted by Crippen LogP contribution is 2.08. The summed E-state index contributed by atoms with van der Waals surface area (Å²) in [6.45, 7) is 2.10. The number of anilines is 2. The van der Waals surface area contributed by atoms with Gasteiger partial charge in [0.15, 0.2) is 0 Å². The molecule has 0 amide bonds. The number of rotatable bonds is 5. The number of hydrogen-bond donors (Lipinski definition) is 3. The first kappa shape index (κ1) is 12.7. The van der Waals surface area contributed by atoms with Crippen LogP contribution in [0.2, 0.25) is 0 Å². The Kier molecular flexibility index (Phi) is 4.02. The molecule has 0 aromatic carbocycles. The van der Waals surface area contributed by atoms with Crippen LogP contribution in [0.25, 0.3) is 0 Å². The van der Waals surface area contributed by atoms with Crippen LogP contribution in [0.5, 0.6) is 0 Å². The molecule has 0 atom stereocenters. The molecule has 0 fully saturated rings. The highest BCUT2D eigenvalue weighted by molar-refractivity contribution is 7.89. The van der Waals surface area contributed by atoms with Crippen molar-refractivity contribution in [1.29, 1.82) is 0 Å². The number of nitrogens with one attached hydrogen (secondary N) is 1. The van der Waals surface area contributed by atoms with Crippen LogP contribution in [0.1, 0.15) is 12.7 Å². The predicted octanol–water partition coefficient (Wildman–Crippen LogP) is -0.678. The second-order valence-corrected chi connectivity index (χ2v) is 4.98. The van der Waals surface area contributed by atoms with Gasteiger partial charge in [-0.1, -0.05) is 6.92 Å². The molecule has 90 valence electrons. The van der Waals surface area contributed by atoms with Crippen LogP contribution in [0.3, 0.4) is 0 Å². The normalized spacial score (nSPS) is 11.4. The van der Waals surface area contributed by atoms with Crippen molar-refractivity contribution in [2.45, 2.75) is 13.3 Å². The van der Waals surface area contributed by atoms with Crippen LogP contribution < -0.4 is 16.2 Å². The fraction of sp³-hybridized carbons (Fsp3) is 0.500. The fourth-order valence-corrected chi connectivity index (χ4v) is 1.47. The second kappa shape index (κ2) is 5.08. The zero-order chi connectivity index (χ0) is 12.2. The molecule has 0 saturated heterocycles. The summed E-state index contributed by atoms with van der Waals surface area (Å²) in [6, 6.07) is 1.54. The molecular weight excluding hydrogens is 230 g/mol. The van der Waals surface area contributed by atoms with Crippen molar-refractivity contribution in [2.24, 2.45) is 5.14 Å². The van der Waals surface area contributed by atoms with Crippen molar-refractivity contribution in [1.82, 2.24) is 9.97 Å². The Hall–Kier alpha value is -1.41. The summed E-state index contributed by atoms with van der Waals surface area (Å²) in [6.07, 6.45) is 0.662. The Labute approximate surface area is 94.3 Å². The zero-order valence-electron chi connectivity index (χ0n) is 8.97. The van der Waals surface area contributed by atoms with E-state index in [2.05, 4.69) is 15.3 Å². The van der Waals surface area contributed by atoms with Crippen molar-refractivity contribution in [2.75, 3.05) is 23.3 Å². The lowest BCUT2D eigenvalue weighted by Crippen LogP contribution is -2.22. The van der Waals surface area contributed by atoms with Crippen molar-refractivity contribution in [3.05, 3.63) is 11.9 Å². The van der Waals surface area contributed by atoms with Gasteiger partial charge in [0.25, 0.3) is 0 Å². The van der Waals surface area contributed by atoms with Crippen molar-refractivity contribution in [3.63, 3.8) is 0 Å². The molecule has 1 heterocycles.